The van der Waals surface area contributed by atoms with Gasteiger partial charge in [0, 0.05) is 30.1 Å². The molecule has 0 radical (unpaired) electrons. The Kier molecular flexibility index (Phi) is 8.78. The molecule has 0 amide bonds. The van der Waals surface area contributed by atoms with Gasteiger partial charge in [0.1, 0.15) is 10.0 Å². The lowest BCUT2D eigenvalue weighted by Gasteiger charge is -2.36. The number of nitrogens with one attached hydrogen (secondary N) is 1. The van der Waals surface area contributed by atoms with Crippen LogP contribution in [-0.2, 0) is 39.2 Å². The second-order valence-electron chi connectivity index (χ2n) is 10.2. The number of halogens is 2. The summed E-state index contributed by atoms with van der Waals surface area (Å²) < 4.78 is 43.4. The zero-order valence-electron chi connectivity index (χ0n) is 22.8. The second-order valence-corrected chi connectivity index (χ2v) is 12.7. The van der Waals surface area contributed by atoms with E-state index in [0.717, 1.165) is 27.6 Å². The van der Waals surface area contributed by atoms with Gasteiger partial charge >= 0.3 is 0 Å². The van der Waals surface area contributed by atoms with Crippen molar-refractivity contribution in [2.24, 2.45) is 0 Å². The summed E-state index contributed by atoms with van der Waals surface area (Å²) >= 11 is 12.4. The smallest absolute Gasteiger partial charge is 0.243 e. The topological polar surface area (TPSA) is 116 Å². The number of nitrogens with zero attached hydrogens (tertiary/aromatic N) is 3. The molecular formula is C31H28Cl2N4O5S. The first-order chi connectivity index (χ1) is 20.8. The average molecular weight is 640 g/mol. The van der Waals surface area contributed by atoms with Crippen molar-refractivity contribution in [2.75, 3.05) is 0 Å². The van der Waals surface area contributed by atoms with Gasteiger partial charge in [-0.15, -0.1) is 0 Å². The highest BCUT2D eigenvalue weighted by molar-refractivity contribution is 7.89. The molecule has 0 aliphatic carbocycles. The highest BCUT2D eigenvalue weighted by atomic mass is 35.5. The minimum Gasteiger partial charge on any atom is -0.392 e. The third kappa shape index (κ3) is 6.61. The Labute approximate surface area is 259 Å². The minimum absolute atomic E-state index is 0.0403. The van der Waals surface area contributed by atoms with E-state index < -0.39 is 16.3 Å². The molecule has 3 unspecified atom stereocenters. The molecule has 1 aliphatic rings. The van der Waals surface area contributed by atoms with Gasteiger partial charge in [0.2, 0.25) is 10.0 Å². The maximum atomic E-state index is 13.1. The predicted octanol–water partition coefficient (Wildman–Crippen LogP) is 5.95. The van der Waals surface area contributed by atoms with Crippen LogP contribution in [0.1, 0.15) is 41.1 Å². The first-order valence-electron chi connectivity index (χ1n) is 13.6. The minimum atomic E-state index is -3.80. The molecule has 222 valence electrons. The number of sulfonamides is 1. The van der Waals surface area contributed by atoms with Gasteiger partial charge in [-0.3, -0.25) is 4.98 Å². The number of aliphatic hydroxyl groups is 1. The van der Waals surface area contributed by atoms with E-state index in [0.29, 0.717) is 23.6 Å². The highest BCUT2D eigenvalue weighted by Gasteiger charge is 2.33. The first kappa shape index (κ1) is 29.7. The van der Waals surface area contributed by atoms with Crippen molar-refractivity contribution < 1.29 is 23.0 Å². The molecule has 3 aromatic carbocycles. The van der Waals surface area contributed by atoms with E-state index in [1.165, 1.54) is 0 Å². The molecule has 43 heavy (non-hydrogen) atoms. The van der Waals surface area contributed by atoms with E-state index in [2.05, 4.69) is 14.7 Å². The Bertz CT molecular complexity index is 1830. The molecular weight excluding hydrogens is 611 g/mol. The maximum absolute atomic E-state index is 13.1. The largest absolute Gasteiger partial charge is 0.392 e. The molecule has 9 nitrogen and oxygen atoms in total. The van der Waals surface area contributed by atoms with Gasteiger partial charge in [-0.25, -0.2) is 18.1 Å². The number of pyridine rings is 1. The van der Waals surface area contributed by atoms with Gasteiger partial charge in [0.15, 0.2) is 11.4 Å². The van der Waals surface area contributed by atoms with Crippen LogP contribution in [0.15, 0.2) is 96.3 Å². The summed E-state index contributed by atoms with van der Waals surface area (Å²) in [5, 5.41) is 10.8. The van der Waals surface area contributed by atoms with Crippen molar-refractivity contribution in [3.8, 4) is 0 Å². The summed E-state index contributed by atoms with van der Waals surface area (Å²) in [7, 11) is -3.80. The van der Waals surface area contributed by atoms with Crippen molar-refractivity contribution in [3.05, 3.63) is 124 Å². The number of fused-ring (bicyclic) bond motifs is 1. The molecule has 3 heterocycles. The van der Waals surface area contributed by atoms with Gasteiger partial charge in [-0.2, -0.15) is 0 Å². The quantitative estimate of drug-likeness (QED) is 0.205. The van der Waals surface area contributed by atoms with Crippen LogP contribution in [0.5, 0.6) is 0 Å². The fourth-order valence-electron chi connectivity index (χ4n) is 5.06. The molecule has 0 spiro atoms. The molecule has 1 saturated heterocycles. The standard InChI is InChI=1S/C31H28Cl2N4O5S/c32-29-30(33)37(19-35-29)17-25-15-26(22-10-8-21(18-38)9-11-22)42-31(41-25)24-12-6-20(7-13-24)16-36-43(39,40)27-5-1-3-23-4-2-14-34-28(23)27/h1-14,19,25-26,31,36,38H,15-18H2. The van der Waals surface area contributed by atoms with E-state index in [9.17, 15) is 13.5 Å². The monoisotopic (exact) mass is 638 g/mol. The molecule has 5 aromatic rings. The molecule has 1 aliphatic heterocycles. The van der Waals surface area contributed by atoms with Crippen molar-refractivity contribution in [1.29, 1.82) is 0 Å². The first-order valence-corrected chi connectivity index (χ1v) is 15.8. The van der Waals surface area contributed by atoms with E-state index >= 15 is 0 Å². The van der Waals surface area contributed by atoms with Crippen LogP contribution in [0, 0.1) is 0 Å². The van der Waals surface area contributed by atoms with Gasteiger partial charge in [0.25, 0.3) is 0 Å². The van der Waals surface area contributed by atoms with E-state index in [-0.39, 0.29) is 35.4 Å². The number of aliphatic hydroxyl groups excluding tert-OH is 1. The van der Waals surface area contributed by atoms with Crippen molar-refractivity contribution in [2.45, 2.75) is 49.5 Å². The Morgan fingerprint density at radius 3 is 2.35 bits per heavy atom. The third-order valence-corrected chi connectivity index (χ3v) is 9.55. The van der Waals surface area contributed by atoms with Crippen molar-refractivity contribution >= 4 is 44.1 Å². The van der Waals surface area contributed by atoms with Crippen LogP contribution in [0.2, 0.25) is 10.3 Å². The molecule has 6 rings (SSSR count). The number of imidazole rings is 1. The summed E-state index contributed by atoms with van der Waals surface area (Å²) in [5.74, 6) is 0. The lowest BCUT2D eigenvalue weighted by Crippen LogP contribution is -2.32. The van der Waals surface area contributed by atoms with E-state index in [4.69, 9.17) is 32.7 Å². The SMILES string of the molecule is O=S(=O)(NCc1ccc(C2OC(Cn3cnc(Cl)c3Cl)CC(c3ccc(CO)cc3)O2)cc1)c1cccc2cccnc12. The zero-order valence-corrected chi connectivity index (χ0v) is 25.1. The van der Waals surface area contributed by atoms with E-state index in [1.807, 2.05) is 60.7 Å². The fourth-order valence-corrected chi connectivity index (χ4v) is 6.57. The van der Waals surface area contributed by atoms with E-state index in [1.54, 1.807) is 35.3 Å². The Balaban J connectivity index is 1.19. The number of rotatable bonds is 9. The Morgan fingerprint density at radius 2 is 1.63 bits per heavy atom. The third-order valence-electron chi connectivity index (χ3n) is 7.35. The second kappa shape index (κ2) is 12.7. The molecule has 2 N–H and O–H groups in total. The number of benzene rings is 3. The molecule has 0 saturated carbocycles. The summed E-state index contributed by atoms with van der Waals surface area (Å²) in [6, 6.07) is 23.7. The van der Waals surface area contributed by atoms with Crippen LogP contribution in [0.3, 0.4) is 0 Å². The Hall–Kier alpha value is -3.35. The lowest BCUT2D eigenvalue weighted by molar-refractivity contribution is -0.252. The Morgan fingerprint density at radius 1 is 0.907 bits per heavy atom. The number of para-hydroxylation sites is 1. The molecule has 12 heteroatoms. The van der Waals surface area contributed by atoms with Crippen LogP contribution < -0.4 is 4.72 Å². The van der Waals surface area contributed by atoms with Crippen LogP contribution >= 0.6 is 23.2 Å². The lowest BCUT2D eigenvalue weighted by atomic mass is 10.00. The average Bonchev–Trinajstić information content (AvgIpc) is 3.35. The van der Waals surface area contributed by atoms with Gasteiger partial charge < -0.3 is 19.1 Å². The van der Waals surface area contributed by atoms with Crippen molar-refractivity contribution in [1.82, 2.24) is 19.3 Å². The van der Waals surface area contributed by atoms with Crippen LogP contribution in [-0.4, -0.2) is 34.2 Å². The summed E-state index contributed by atoms with van der Waals surface area (Å²) in [4.78, 5) is 8.47. The molecule has 2 aromatic heterocycles. The number of ether oxygens (including phenoxy) is 2. The van der Waals surface area contributed by atoms with Gasteiger partial charge in [0.05, 0.1) is 37.2 Å². The fraction of sp³-hybridized carbons (Fsp3) is 0.226. The number of hydrogen-bond donors (Lipinski definition) is 2. The molecule has 3 atom stereocenters. The summed E-state index contributed by atoms with van der Waals surface area (Å²) in [6.07, 6.45) is 2.47. The normalized spacial score (nSPS) is 19.1. The zero-order chi connectivity index (χ0) is 30.0. The van der Waals surface area contributed by atoms with Crippen molar-refractivity contribution in [3.63, 3.8) is 0 Å². The highest BCUT2D eigenvalue weighted by Crippen LogP contribution is 2.39. The summed E-state index contributed by atoms with van der Waals surface area (Å²) in [6.45, 7) is 0.481. The van der Waals surface area contributed by atoms with Crippen LogP contribution in [0.25, 0.3) is 10.9 Å². The van der Waals surface area contributed by atoms with Gasteiger partial charge in [-0.1, -0.05) is 89.9 Å². The molecule has 1 fully saturated rings. The number of aromatic nitrogens is 3. The summed E-state index contributed by atoms with van der Waals surface area (Å²) in [5.41, 5.74) is 3.74. The van der Waals surface area contributed by atoms with Gasteiger partial charge in [-0.05, 0) is 28.8 Å². The maximum Gasteiger partial charge on any atom is 0.243 e. The van der Waals surface area contributed by atoms with Crippen LogP contribution in [0.4, 0.5) is 0 Å². The molecule has 0 bridgehead atoms. The predicted molar refractivity (Wildman–Crippen MR) is 163 cm³/mol. The number of hydrogen-bond acceptors (Lipinski definition) is 7.